The van der Waals surface area contributed by atoms with Crippen LogP contribution in [-0.4, -0.2) is 38.3 Å². The van der Waals surface area contributed by atoms with Crippen molar-refractivity contribution in [2.24, 2.45) is 0 Å². The van der Waals surface area contributed by atoms with Crippen molar-refractivity contribution in [3.05, 3.63) is 21.9 Å². The van der Waals surface area contributed by atoms with Gasteiger partial charge in [0.1, 0.15) is 11.5 Å². The van der Waals surface area contributed by atoms with E-state index in [1.807, 2.05) is 6.92 Å². The third kappa shape index (κ3) is 5.12. The van der Waals surface area contributed by atoms with E-state index < -0.39 is 33.1 Å². The van der Waals surface area contributed by atoms with Crippen LogP contribution in [0.1, 0.15) is 28.4 Å². The third-order valence-corrected chi connectivity index (χ3v) is 4.93. The number of carbonyl (C=O) groups is 2. The summed E-state index contributed by atoms with van der Waals surface area (Å²) in [5.74, 6) is -2.71. The molecule has 1 heterocycles. The van der Waals surface area contributed by atoms with Gasteiger partial charge >= 0.3 is 5.97 Å². The Labute approximate surface area is 116 Å². The van der Waals surface area contributed by atoms with Crippen LogP contribution in [0.25, 0.3) is 0 Å². The van der Waals surface area contributed by atoms with Crippen molar-refractivity contribution in [1.29, 1.82) is 0 Å². The Kier molecular flexibility index (Phi) is 5.68. The summed E-state index contributed by atoms with van der Waals surface area (Å²) in [6.45, 7) is 3.66. The summed E-state index contributed by atoms with van der Waals surface area (Å²) in [5, 5.41) is 0. The molecule has 0 N–H and O–H groups in total. The number of thiophene rings is 1. The molecule has 0 aromatic carbocycles. The first-order valence-corrected chi connectivity index (χ1v) is 8.49. The highest BCUT2D eigenvalue weighted by Crippen LogP contribution is 2.18. The highest BCUT2D eigenvalue weighted by molar-refractivity contribution is 7.92. The van der Waals surface area contributed by atoms with Crippen molar-refractivity contribution in [3.8, 4) is 0 Å². The molecule has 0 atom stereocenters. The molecule has 0 saturated carbocycles. The van der Waals surface area contributed by atoms with Crippen molar-refractivity contribution in [1.82, 2.24) is 0 Å². The van der Waals surface area contributed by atoms with Crippen LogP contribution < -0.4 is 0 Å². The third-order valence-electron chi connectivity index (χ3n) is 2.28. The maximum atomic E-state index is 11.8. The summed E-state index contributed by atoms with van der Waals surface area (Å²) in [7, 11) is -3.77. The number of hydrogen-bond donors (Lipinski definition) is 0. The maximum Gasteiger partial charge on any atom is 0.321 e. The van der Waals surface area contributed by atoms with Gasteiger partial charge in [-0.25, -0.2) is 8.42 Å². The Morgan fingerprint density at radius 2 is 1.89 bits per heavy atom. The molecule has 1 aromatic rings. The summed E-state index contributed by atoms with van der Waals surface area (Å²) in [5.41, 5.74) is 0. The largest absolute Gasteiger partial charge is 0.465 e. The van der Waals surface area contributed by atoms with Crippen LogP contribution in [0.4, 0.5) is 0 Å². The molecule has 106 valence electrons. The molecule has 1 aromatic heterocycles. The topological polar surface area (TPSA) is 77.5 Å². The van der Waals surface area contributed by atoms with E-state index in [1.165, 1.54) is 11.3 Å². The Morgan fingerprint density at radius 1 is 1.21 bits per heavy atom. The van der Waals surface area contributed by atoms with Gasteiger partial charge in [0.25, 0.3) is 0 Å². The second-order valence-corrected chi connectivity index (χ2v) is 7.11. The van der Waals surface area contributed by atoms with Crippen molar-refractivity contribution >= 4 is 32.9 Å². The highest BCUT2D eigenvalue weighted by Gasteiger charge is 2.23. The quantitative estimate of drug-likeness (QED) is 0.563. The molecule has 0 fully saturated rings. The molecule has 1 rings (SSSR count). The first-order valence-electron chi connectivity index (χ1n) is 5.86. The number of Topliss-reactive ketones (excluding diaryl/α,β-unsaturated/α-hetero) is 1. The molecule has 0 amide bonds. The molecule has 0 radical (unpaired) electrons. The minimum atomic E-state index is -3.77. The zero-order valence-electron chi connectivity index (χ0n) is 10.8. The van der Waals surface area contributed by atoms with Gasteiger partial charge in [-0.2, -0.15) is 0 Å². The Balaban J connectivity index is 2.67. The van der Waals surface area contributed by atoms with E-state index in [0.29, 0.717) is 4.88 Å². The number of ketones is 1. The molecule has 0 aliphatic carbocycles. The fraction of sp³-hybridized carbons (Fsp3) is 0.500. The van der Waals surface area contributed by atoms with Crippen molar-refractivity contribution in [2.75, 3.05) is 18.1 Å². The summed E-state index contributed by atoms with van der Waals surface area (Å²) in [4.78, 5) is 24.4. The van der Waals surface area contributed by atoms with Crippen LogP contribution in [-0.2, 0) is 25.8 Å². The molecule has 7 heteroatoms. The van der Waals surface area contributed by atoms with Crippen LogP contribution in [0.3, 0.4) is 0 Å². The predicted octanol–water partition coefficient (Wildman–Crippen LogP) is 1.47. The summed E-state index contributed by atoms with van der Waals surface area (Å²) in [6, 6.07) is 3.42. The zero-order chi connectivity index (χ0) is 14.5. The number of rotatable bonds is 7. The van der Waals surface area contributed by atoms with E-state index >= 15 is 0 Å². The van der Waals surface area contributed by atoms with Gasteiger partial charge in [0.2, 0.25) is 0 Å². The van der Waals surface area contributed by atoms with Crippen LogP contribution in [0.2, 0.25) is 0 Å². The lowest BCUT2D eigenvalue weighted by Crippen LogP contribution is -2.24. The fourth-order valence-corrected chi connectivity index (χ4v) is 3.50. The first-order chi connectivity index (χ1) is 8.88. The summed E-state index contributed by atoms with van der Waals surface area (Å²) < 4.78 is 27.9. The number of esters is 1. The number of hydrogen-bond acceptors (Lipinski definition) is 6. The normalized spacial score (nSPS) is 11.3. The lowest BCUT2D eigenvalue weighted by atomic mass is 10.3. The molecule has 19 heavy (non-hydrogen) atoms. The minimum Gasteiger partial charge on any atom is -0.465 e. The van der Waals surface area contributed by atoms with Crippen LogP contribution in [0, 0.1) is 0 Å². The van der Waals surface area contributed by atoms with Crippen molar-refractivity contribution in [2.45, 2.75) is 20.3 Å². The Bertz CT molecular complexity index is 556. The summed E-state index contributed by atoms with van der Waals surface area (Å²) >= 11 is 1.28. The van der Waals surface area contributed by atoms with Crippen LogP contribution >= 0.6 is 11.3 Å². The second kappa shape index (κ2) is 6.81. The maximum absolute atomic E-state index is 11.8. The SMILES string of the molecule is CCOC(=O)CS(=O)(=O)CC(=O)c1ccc(CC)s1. The lowest BCUT2D eigenvalue weighted by Gasteiger charge is -2.02. The number of sulfone groups is 1. The standard InChI is InChI=1S/C12H16O5S2/c1-3-9-5-6-11(18-9)10(13)7-19(15,16)8-12(14)17-4-2/h5-6H,3-4,7-8H2,1-2H3. The molecule has 0 bridgehead atoms. The molecule has 0 unspecified atom stereocenters. The molecule has 5 nitrogen and oxygen atoms in total. The van der Waals surface area contributed by atoms with Crippen molar-refractivity contribution < 1.29 is 22.7 Å². The zero-order valence-corrected chi connectivity index (χ0v) is 12.5. The van der Waals surface area contributed by atoms with Crippen LogP contribution in [0.15, 0.2) is 12.1 Å². The van der Waals surface area contributed by atoms with Gasteiger partial charge in [-0.05, 0) is 25.5 Å². The summed E-state index contributed by atoms with van der Waals surface area (Å²) in [6.07, 6.45) is 0.799. The van der Waals surface area contributed by atoms with E-state index in [0.717, 1.165) is 11.3 Å². The average molecular weight is 304 g/mol. The van der Waals surface area contributed by atoms with Gasteiger partial charge in [-0.15, -0.1) is 11.3 Å². The van der Waals surface area contributed by atoms with Gasteiger partial charge in [0, 0.05) is 4.88 Å². The monoisotopic (exact) mass is 304 g/mol. The van der Waals surface area contributed by atoms with E-state index in [4.69, 9.17) is 0 Å². The molecule has 0 spiro atoms. The van der Waals surface area contributed by atoms with Gasteiger partial charge < -0.3 is 4.74 Å². The van der Waals surface area contributed by atoms with Gasteiger partial charge in [-0.1, -0.05) is 6.92 Å². The smallest absolute Gasteiger partial charge is 0.321 e. The Morgan fingerprint density at radius 3 is 2.42 bits per heavy atom. The second-order valence-electron chi connectivity index (χ2n) is 3.88. The van der Waals surface area contributed by atoms with Gasteiger partial charge in [0.15, 0.2) is 15.6 Å². The molecule has 0 aliphatic heterocycles. The minimum absolute atomic E-state index is 0.118. The van der Waals surface area contributed by atoms with E-state index in [2.05, 4.69) is 4.74 Å². The average Bonchev–Trinajstić information content (AvgIpc) is 2.76. The number of carbonyl (C=O) groups excluding carboxylic acids is 2. The van der Waals surface area contributed by atoms with E-state index in [1.54, 1.807) is 19.1 Å². The molecule has 0 saturated heterocycles. The lowest BCUT2D eigenvalue weighted by molar-refractivity contribution is -0.139. The van der Waals surface area contributed by atoms with E-state index in [9.17, 15) is 18.0 Å². The first kappa shape index (κ1) is 15.8. The highest BCUT2D eigenvalue weighted by atomic mass is 32.2. The van der Waals surface area contributed by atoms with E-state index in [-0.39, 0.29) is 6.61 Å². The Hall–Kier alpha value is -1.21. The number of aryl methyl sites for hydroxylation is 1. The molecular weight excluding hydrogens is 288 g/mol. The fourth-order valence-electron chi connectivity index (χ4n) is 1.42. The van der Waals surface area contributed by atoms with Gasteiger partial charge in [0.05, 0.1) is 11.5 Å². The molecule has 0 aliphatic rings. The molecular formula is C12H16O5S2. The van der Waals surface area contributed by atoms with Crippen LogP contribution in [0.5, 0.6) is 0 Å². The van der Waals surface area contributed by atoms with Gasteiger partial charge in [-0.3, -0.25) is 9.59 Å². The van der Waals surface area contributed by atoms with Crippen molar-refractivity contribution in [3.63, 3.8) is 0 Å². The number of ether oxygens (including phenoxy) is 1. The predicted molar refractivity (Wildman–Crippen MR) is 73.3 cm³/mol.